The summed E-state index contributed by atoms with van der Waals surface area (Å²) in [4.78, 5) is 20.9. The molecule has 2 aliphatic rings. The van der Waals surface area contributed by atoms with E-state index in [1.54, 1.807) is 18.5 Å². The lowest BCUT2D eigenvalue weighted by atomic mass is 10.0. The van der Waals surface area contributed by atoms with Crippen molar-refractivity contribution in [1.82, 2.24) is 4.98 Å². The number of carbonyl (C=O) groups excluding carboxylic acids is 1. The van der Waals surface area contributed by atoms with Crippen LogP contribution >= 0.6 is 0 Å². The Hall–Kier alpha value is -3.54. The Morgan fingerprint density at radius 1 is 1.12 bits per heavy atom. The Kier molecular flexibility index (Phi) is 6.39. The molecule has 6 nitrogen and oxygen atoms in total. The van der Waals surface area contributed by atoms with Crippen LogP contribution in [0.1, 0.15) is 46.7 Å². The fourth-order valence-electron chi connectivity index (χ4n) is 5.18. The van der Waals surface area contributed by atoms with E-state index in [1.165, 1.54) is 61.2 Å². The molecule has 0 radical (unpaired) electrons. The van der Waals surface area contributed by atoms with Crippen LogP contribution in [0.4, 0.5) is 22.7 Å². The number of benzene rings is 2. The van der Waals surface area contributed by atoms with Gasteiger partial charge >= 0.3 is 5.97 Å². The van der Waals surface area contributed by atoms with E-state index in [9.17, 15) is 4.79 Å². The van der Waals surface area contributed by atoms with E-state index in [-0.39, 0.29) is 5.97 Å². The van der Waals surface area contributed by atoms with Gasteiger partial charge < -0.3 is 19.9 Å². The predicted octanol–water partition coefficient (Wildman–Crippen LogP) is 5.38. The normalized spacial score (nSPS) is 16.9. The highest BCUT2D eigenvalue weighted by Crippen LogP contribution is 2.37. The number of nitrogens with zero attached hydrogens (tertiary/aromatic N) is 3. The Morgan fingerprint density at radius 3 is 2.65 bits per heavy atom. The predicted molar refractivity (Wildman–Crippen MR) is 138 cm³/mol. The third-order valence-electron chi connectivity index (χ3n) is 7.19. The summed E-state index contributed by atoms with van der Waals surface area (Å²) in [5.74, 6) is 0.0534. The number of rotatable bonds is 7. The Labute approximate surface area is 201 Å². The van der Waals surface area contributed by atoms with Crippen LogP contribution in [0.2, 0.25) is 0 Å². The van der Waals surface area contributed by atoms with Gasteiger partial charge in [0.25, 0.3) is 0 Å². The maximum Gasteiger partial charge on any atom is 0.340 e. The van der Waals surface area contributed by atoms with E-state index in [2.05, 4.69) is 69.6 Å². The number of anilines is 4. The molecule has 176 valence electrons. The summed E-state index contributed by atoms with van der Waals surface area (Å²) in [7, 11) is 3.54. The van der Waals surface area contributed by atoms with Gasteiger partial charge in [0.1, 0.15) is 0 Å². The van der Waals surface area contributed by atoms with Crippen LogP contribution < -0.4 is 15.1 Å². The summed E-state index contributed by atoms with van der Waals surface area (Å²) in [5, 5.41) is 3.43. The number of pyridine rings is 1. The van der Waals surface area contributed by atoms with Gasteiger partial charge in [0, 0.05) is 55.9 Å². The highest BCUT2D eigenvalue weighted by molar-refractivity contribution is 5.95. The molecule has 0 bridgehead atoms. The number of aryl methyl sites for hydroxylation is 1. The number of hydrogen-bond donors (Lipinski definition) is 1. The quantitative estimate of drug-likeness (QED) is 0.482. The fraction of sp³-hybridized carbons (Fsp3) is 0.357. The van der Waals surface area contributed by atoms with E-state index in [0.29, 0.717) is 11.5 Å². The number of carbonyl (C=O) groups is 1. The third kappa shape index (κ3) is 4.45. The van der Waals surface area contributed by atoms with Gasteiger partial charge in [-0.3, -0.25) is 4.98 Å². The van der Waals surface area contributed by atoms with Crippen molar-refractivity contribution in [2.75, 3.05) is 48.9 Å². The minimum absolute atomic E-state index is 0.349. The molecule has 1 aromatic heterocycles. The van der Waals surface area contributed by atoms with Crippen LogP contribution in [0.5, 0.6) is 0 Å². The Balaban J connectivity index is 1.26. The van der Waals surface area contributed by atoms with Gasteiger partial charge in [0.2, 0.25) is 0 Å². The fourth-order valence-corrected chi connectivity index (χ4v) is 5.18. The highest BCUT2D eigenvalue weighted by Gasteiger charge is 2.24. The van der Waals surface area contributed by atoms with Crippen LogP contribution in [0.15, 0.2) is 60.9 Å². The first-order valence-corrected chi connectivity index (χ1v) is 12.1. The van der Waals surface area contributed by atoms with Gasteiger partial charge in [-0.25, -0.2) is 4.79 Å². The van der Waals surface area contributed by atoms with E-state index in [1.807, 2.05) is 0 Å². The molecule has 6 heteroatoms. The number of methoxy groups -OCH3 is 1. The molecule has 0 saturated carbocycles. The minimum atomic E-state index is -0.349. The maximum absolute atomic E-state index is 12.0. The van der Waals surface area contributed by atoms with Crippen molar-refractivity contribution in [2.24, 2.45) is 0 Å². The lowest BCUT2D eigenvalue weighted by molar-refractivity contribution is 0.0601. The van der Waals surface area contributed by atoms with Gasteiger partial charge in [-0.1, -0.05) is 6.07 Å². The molecule has 0 unspecified atom stereocenters. The molecule has 1 aliphatic carbocycles. The number of aromatic nitrogens is 1. The van der Waals surface area contributed by atoms with Gasteiger partial charge in [-0.15, -0.1) is 0 Å². The van der Waals surface area contributed by atoms with E-state index < -0.39 is 0 Å². The SMILES string of the molecule is COC(=O)c1ccncc1NC[C@@H]1CCc2cc(N(C)c3ccc(N4CCCC4)cc3)ccc21. The number of fused-ring (bicyclic) bond motifs is 1. The zero-order valence-electron chi connectivity index (χ0n) is 20.0. The molecule has 1 fully saturated rings. The van der Waals surface area contributed by atoms with Crippen LogP contribution in [0, 0.1) is 0 Å². The lowest BCUT2D eigenvalue weighted by Crippen LogP contribution is -2.17. The minimum Gasteiger partial charge on any atom is -0.465 e. The van der Waals surface area contributed by atoms with Crippen LogP contribution in [-0.4, -0.2) is 44.7 Å². The van der Waals surface area contributed by atoms with Crippen LogP contribution in [0.25, 0.3) is 0 Å². The molecule has 2 heterocycles. The average Bonchev–Trinajstić information content (AvgIpc) is 3.57. The number of nitrogens with one attached hydrogen (secondary N) is 1. The van der Waals surface area contributed by atoms with Crippen molar-refractivity contribution in [3.63, 3.8) is 0 Å². The Morgan fingerprint density at radius 2 is 1.88 bits per heavy atom. The summed E-state index contributed by atoms with van der Waals surface area (Å²) >= 11 is 0. The summed E-state index contributed by atoms with van der Waals surface area (Å²) < 4.78 is 4.90. The smallest absolute Gasteiger partial charge is 0.340 e. The van der Waals surface area contributed by atoms with Crippen molar-refractivity contribution in [3.05, 3.63) is 77.6 Å². The summed E-state index contributed by atoms with van der Waals surface area (Å²) in [6, 6.07) is 17.4. The summed E-state index contributed by atoms with van der Waals surface area (Å²) in [5.41, 5.74) is 7.76. The van der Waals surface area contributed by atoms with Gasteiger partial charge in [-0.2, -0.15) is 0 Å². The molecule has 1 aliphatic heterocycles. The first kappa shape index (κ1) is 22.3. The molecule has 0 spiro atoms. The van der Waals surface area contributed by atoms with E-state index >= 15 is 0 Å². The van der Waals surface area contributed by atoms with E-state index in [4.69, 9.17) is 4.74 Å². The molecule has 34 heavy (non-hydrogen) atoms. The molecule has 1 atom stereocenters. The molecule has 5 rings (SSSR count). The second-order valence-electron chi connectivity index (χ2n) is 9.18. The topological polar surface area (TPSA) is 57.7 Å². The molecule has 3 aromatic rings. The van der Waals surface area contributed by atoms with Crippen molar-refractivity contribution >= 4 is 28.7 Å². The van der Waals surface area contributed by atoms with Gasteiger partial charge in [-0.05, 0) is 79.3 Å². The summed E-state index contributed by atoms with van der Waals surface area (Å²) in [6.45, 7) is 3.09. The number of hydrogen-bond acceptors (Lipinski definition) is 6. The van der Waals surface area contributed by atoms with E-state index in [0.717, 1.165) is 25.1 Å². The molecular weight excluding hydrogens is 424 g/mol. The third-order valence-corrected chi connectivity index (χ3v) is 7.19. The maximum atomic E-state index is 12.0. The standard InChI is InChI=1S/C28H32N4O2/c1-31(22-7-9-23(10-8-22)32-15-3-4-16-32)24-11-12-25-20(17-24)5-6-21(25)18-30-27-19-29-14-13-26(27)28(33)34-2/h7-14,17,19,21,30H,3-6,15-16,18H2,1-2H3/t21-/m0/s1. The highest BCUT2D eigenvalue weighted by atomic mass is 16.5. The molecule has 2 aromatic carbocycles. The lowest BCUT2D eigenvalue weighted by Gasteiger charge is -2.23. The molecule has 1 saturated heterocycles. The first-order valence-electron chi connectivity index (χ1n) is 12.1. The van der Waals surface area contributed by atoms with Crippen molar-refractivity contribution in [1.29, 1.82) is 0 Å². The summed E-state index contributed by atoms with van der Waals surface area (Å²) in [6.07, 6.45) is 8.04. The number of ether oxygens (including phenoxy) is 1. The second kappa shape index (κ2) is 9.75. The average molecular weight is 457 g/mol. The number of esters is 1. The van der Waals surface area contributed by atoms with Gasteiger partial charge in [0.05, 0.1) is 24.6 Å². The monoisotopic (exact) mass is 456 g/mol. The molecule has 1 N–H and O–H groups in total. The van der Waals surface area contributed by atoms with Crippen LogP contribution in [0.3, 0.4) is 0 Å². The van der Waals surface area contributed by atoms with Crippen LogP contribution in [-0.2, 0) is 11.2 Å². The van der Waals surface area contributed by atoms with Crippen molar-refractivity contribution in [2.45, 2.75) is 31.6 Å². The Bertz CT molecular complexity index is 1160. The largest absolute Gasteiger partial charge is 0.465 e. The van der Waals surface area contributed by atoms with Crippen molar-refractivity contribution in [3.8, 4) is 0 Å². The zero-order valence-corrected chi connectivity index (χ0v) is 20.0. The molecular formula is C28H32N4O2. The van der Waals surface area contributed by atoms with Crippen molar-refractivity contribution < 1.29 is 9.53 Å². The molecule has 0 amide bonds. The first-order chi connectivity index (χ1) is 16.6. The second-order valence-corrected chi connectivity index (χ2v) is 9.18. The zero-order chi connectivity index (χ0) is 23.5. The van der Waals surface area contributed by atoms with Gasteiger partial charge in [0.15, 0.2) is 0 Å².